The van der Waals surface area contributed by atoms with Crippen LogP contribution in [0.1, 0.15) is 10.4 Å². The van der Waals surface area contributed by atoms with Gasteiger partial charge in [-0.3, -0.25) is 9.36 Å². The molecule has 0 aliphatic heterocycles. The van der Waals surface area contributed by atoms with Crippen LogP contribution in [0.2, 0.25) is 5.02 Å². The minimum atomic E-state index is -0.270. The Bertz CT molecular complexity index is 884. The van der Waals surface area contributed by atoms with Crippen LogP contribution in [0, 0.1) is 0 Å². The van der Waals surface area contributed by atoms with Gasteiger partial charge in [0.15, 0.2) is 11.5 Å². The summed E-state index contributed by atoms with van der Waals surface area (Å²) in [5.74, 6) is 1.00. The van der Waals surface area contributed by atoms with Crippen molar-refractivity contribution in [3.8, 4) is 17.2 Å². The predicted octanol–water partition coefficient (Wildman–Crippen LogP) is 2.74. The first kappa shape index (κ1) is 17.8. The van der Waals surface area contributed by atoms with Crippen molar-refractivity contribution in [1.29, 1.82) is 0 Å². The molecule has 1 heterocycles. The zero-order valence-electron chi connectivity index (χ0n) is 14.1. The lowest BCUT2D eigenvalue weighted by Gasteiger charge is -2.11. The van der Waals surface area contributed by atoms with Crippen LogP contribution in [0.4, 0.5) is 0 Å². The van der Waals surface area contributed by atoms with Crippen molar-refractivity contribution < 1.29 is 14.3 Å². The summed E-state index contributed by atoms with van der Waals surface area (Å²) in [5.41, 5.74) is 1.16. The van der Waals surface area contributed by atoms with Gasteiger partial charge in [0, 0.05) is 5.69 Å². The molecule has 0 spiro atoms. The number of nitrogens with zero attached hydrogens (tertiary/aromatic N) is 3. The van der Waals surface area contributed by atoms with Crippen molar-refractivity contribution in [2.24, 2.45) is 0 Å². The number of para-hydroxylation sites is 2. The molecule has 3 aromatic rings. The van der Waals surface area contributed by atoms with Crippen molar-refractivity contribution in [2.45, 2.75) is 0 Å². The molecule has 1 aromatic heterocycles. The maximum absolute atomic E-state index is 12.3. The molecule has 0 aliphatic carbocycles. The third kappa shape index (κ3) is 4.12. The van der Waals surface area contributed by atoms with Crippen LogP contribution < -0.4 is 14.8 Å². The highest BCUT2D eigenvalue weighted by atomic mass is 35.5. The summed E-state index contributed by atoms with van der Waals surface area (Å²) in [7, 11) is 1.58. The third-order valence-corrected chi connectivity index (χ3v) is 3.94. The summed E-state index contributed by atoms with van der Waals surface area (Å²) in [6.45, 7) is 0.642. The Kier molecular flexibility index (Phi) is 5.70. The van der Waals surface area contributed by atoms with E-state index in [9.17, 15) is 4.79 Å². The number of hydrogen-bond donors (Lipinski definition) is 1. The molecule has 0 saturated heterocycles. The second-order valence-corrected chi connectivity index (χ2v) is 5.70. The average Bonchev–Trinajstić information content (AvgIpc) is 3.20. The van der Waals surface area contributed by atoms with E-state index in [1.54, 1.807) is 48.6 Å². The van der Waals surface area contributed by atoms with E-state index < -0.39 is 0 Å². The predicted molar refractivity (Wildman–Crippen MR) is 97.2 cm³/mol. The summed E-state index contributed by atoms with van der Waals surface area (Å²) in [6.07, 6.45) is 3.11. The summed E-state index contributed by atoms with van der Waals surface area (Å²) in [5, 5.41) is 10.6. The molecule has 1 amide bonds. The molecular weight excluding hydrogens is 356 g/mol. The first-order valence-electron chi connectivity index (χ1n) is 7.87. The monoisotopic (exact) mass is 372 g/mol. The lowest BCUT2D eigenvalue weighted by molar-refractivity contribution is 0.0947. The molecule has 8 heteroatoms. The molecule has 3 rings (SSSR count). The fraction of sp³-hybridized carbons (Fsp3) is 0.167. The molecule has 0 bridgehead atoms. The summed E-state index contributed by atoms with van der Waals surface area (Å²) in [6, 6.07) is 12.5. The number of ether oxygens (including phenoxy) is 2. The lowest BCUT2D eigenvalue weighted by Crippen LogP contribution is -2.28. The van der Waals surface area contributed by atoms with Crippen molar-refractivity contribution >= 4 is 17.5 Å². The van der Waals surface area contributed by atoms with E-state index in [1.165, 1.54) is 0 Å². The van der Waals surface area contributed by atoms with Crippen LogP contribution in [0.5, 0.6) is 11.5 Å². The molecule has 0 aliphatic rings. The number of methoxy groups -OCH3 is 1. The standard InChI is InChI=1S/C18H17ClN4O3/c1-25-16-4-2-3-5-17(16)26-9-8-20-18(24)14-7-6-13(10-15(14)19)23-11-21-22-12-23/h2-7,10-12H,8-9H2,1H3,(H,20,24). The van der Waals surface area contributed by atoms with Gasteiger partial charge in [-0.05, 0) is 30.3 Å². The number of halogens is 1. The molecule has 2 aromatic carbocycles. The minimum absolute atomic E-state index is 0.270. The van der Waals surface area contributed by atoms with Crippen LogP contribution in [-0.4, -0.2) is 40.9 Å². The summed E-state index contributed by atoms with van der Waals surface area (Å²) in [4.78, 5) is 12.3. The second kappa shape index (κ2) is 8.35. The van der Waals surface area contributed by atoms with E-state index >= 15 is 0 Å². The van der Waals surface area contributed by atoms with Gasteiger partial charge in [-0.1, -0.05) is 23.7 Å². The zero-order valence-corrected chi connectivity index (χ0v) is 14.8. The van der Waals surface area contributed by atoms with Crippen molar-refractivity contribution in [2.75, 3.05) is 20.3 Å². The number of aromatic nitrogens is 3. The van der Waals surface area contributed by atoms with Gasteiger partial charge in [0.25, 0.3) is 5.91 Å². The Morgan fingerprint density at radius 1 is 1.15 bits per heavy atom. The van der Waals surface area contributed by atoms with Gasteiger partial charge in [0.05, 0.1) is 24.2 Å². The first-order valence-corrected chi connectivity index (χ1v) is 8.25. The molecule has 0 saturated carbocycles. The van der Waals surface area contributed by atoms with Crippen molar-refractivity contribution in [3.63, 3.8) is 0 Å². The second-order valence-electron chi connectivity index (χ2n) is 5.29. The van der Waals surface area contributed by atoms with Gasteiger partial charge in [-0.2, -0.15) is 0 Å². The molecule has 0 unspecified atom stereocenters. The van der Waals surface area contributed by atoms with Gasteiger partial charge in [-0.15, -0.1) is 10.2 Å². The smallest absolute Gasteiger partial charge is 0.252 e. The first-order chi connectivity index (χ1) is 12.7. The Labute approximate surface area is 155 Å². The van der Waals surface area contributed by atoms with Crippen LogP contribution in [0.15, 0.2) is 55.1 Å². The van der Waals surface area contributed by atoms with Crippen LogP contribution in [-0.2, 0) is 0 Å². The van der Waals surface area contributed by atoms with E-state index in [0.29, 0.717) is 35.2 Å². The number of benzene rings is 2. The average molecular weight is 373 g/mol. The number of carbonyl (C=O) groups excluding carboxylic acids is 1. The van der Waals surface area contributed by atoms with Crippen LogP contribution in [0.3, 0.4) is 0 Å². The van der Waals surface area contributed by atoms with E-state index in [2.05, 4.69) is 15.5 Å². The van der Waals surface area contributed by atoms with Gasteiger partial charge in [-0.25, -0.2) is 0 Å². The zero-order chi connectivity index (χ0) is 18.4. The fourth-order valence-electron chi connectivity index (χ4n) is 2.34. The van der Waals surface area contributed by atoms with E-state index in [0.717, 1.165) is 5.69 Å². The number of hydrogen-bond acceptors (Lipinski definition) is 5. The quantitative estimate of drug-likeness (QED) is 0.645. The highest BCUT2D eigenvalue weighted by molar-refractivity contribution is 6.34. The van der Waals surface area contributed by atoms with Gasteiger partial charge < -0.3 is 14.8 Å². The van der Waals surface area contributed by atoms with Crippen LogP contribution in [0.25, 0.3) is 5.69 Å². The Morgan fingerprint density at radius 3 is 2.58 bits per heavy atom. The molecule has 26 heavy (non-hydrogen) atoms. The van der Waals surface area contributed by atoms with Crippen molar-refractivity contribution in [3.05, 3.63) is 65.7 Å². The largest absolute Gasteiger partial charge is 0.493 e. The summed E-state index contributed by atoms with van der Waals surface area (Å²) < 4.78 is 12.5. The van der Waals surface area contributed by atoms with E-state index in [-0.39, 0.29) is 5.91 Å². The fourth-order valence-corrected chi connectivity index (χ4v) is 2.60. The van der Waals surface area contributed by atoms with Crippen LogP contribution >= 0.6 is 11.6 Å². The molecule has 0 radical (unpaired) electrons. The number of carbonyl (C=O) groups is 1. The normalized spacial score (nSPS) is 10.4. The third-order valence-electron chi connectivity index (χ3n) is 3.63. The molecule has 7 nitrogen and oxygen atoms in total. The minimum Gasteiger partial charge on any atom is -0.493 e. The number of amides is 1. The molecule has 1 N–H and O–H groups in total. The summed E-state index contributed by atoms with van der Waals surface area (Å²) >= 11 is 6.23. The molecule has 0 fully saturated rings. The SMILES string of the molecule is COc1ccccc1OCCNC(=O)c1ccc(-n2cnnc2)cc1Cl. The molecule has 0 atom stereocenters. The van der Waals surface area contributed by atoms with Gasteiger partial charge in [0.2, 0.25) is 0 Å². The van der Waals surface area contributed by atoms with Crippen molar-refractivity contribution in [1.82, 2.24) is 20.1 Å². The maximum Gasteiger partial charge on any atom is 0.252 e. The van der Waals surface area contributed by atoms with E-state index in [4.69, 9.17) is 21.1 Å². The topological polar surface area (TPSA) is 78.3 Å². The Hall–Kier alpha value is -3.06. The van der Waals surface area contributed by atoms with Gasteiger partial charge in [0.1, 0.15) is 19.3 Å². The Morgan fingerprint density at radius 2 is 1.88 bits per heavy atom. The van der Waals surface area contributed by atoms with E-state index in [1.807, 2.05) is 18.2 Å². The maximum atomic E-state index is 12.3. The highest BCUT2D eigenvalue weighted by Crippen LogP contribution is 2.25. The lowest BCUT2D eigenvalue weighted by atomic mass is 10.2. The number of nitrogens with one attached hydrogen (secondary N) is 1. The van der Waals surface area contributed by atoms with Gasteiger partial charge >= 0.3 is 0 Å². The highest BCUT2D eigenvalue weighted by Gasteiger charge is 2.11. The Balaban J connectivity index is 1.55. The molecular formula is C18H17ClN4O3. The molecule has 134 valence electrons. The number of rotatable bonds is 7.